The summed E-state index contributed by atoms with van der Waals surface area (Å²) >= 11 is 0. The summed E-state index contributed by atoms with van der Waals surface area (Å²) in [5.41, 5.74) is 3.53. The van der Waals surface area contributed by atoms with E-state index < -0.39 is 0 Å². The third kappa shape index (κ3) is 4.06. The molecule has 0 N–H and O–H groups in total. The monoisotopic (exact) mass is 338 g/mol. The van der Waals surface area contributed by atoms with E-state index in [0.717, 1.165) is 57.1 Å². The number of aryl methyl sites for hydroxylation is 1. The number of likely N-dealkylation sites (tertiary alicyclic amines) is 1. The number of piperidine rings is 1. The van der Waals surface area contributed by atoms with Crippen molar-refractivity contribution in [1.82, 2.24) is 19.8 Å². The zero-order valence-electron chi connectivity index (χ0n) is 14.8. The lowest BCUT2D eigenvalue weighted by Crippen LogP contribution is -2.59. The summed E-state index contributed by atoms with van der Waals surface area (Å²) in [5.74, 6) is 0. The van der Waals surface area contributed by atoms with Gasteiger partial charge in [0, 0.05) is 56.9 Å². The van der Waals surface area contributed by atoms with Gasteiger partial charge in [-0.1, -0.05) is 12.1 Å². The van der Waals surface area contributed by atoms with Crippen LogP contribution in [0.2, 0.25) is 0 Å². The van der Waals surface area contributed by atoms with Crippen LogP contribution in [-0.4, -0.2) is 58.2 Å². The van der Waals surface area contributed by atoms with Crippen LogP contribution in [0.3, 0.4) is 0 Å². The van der Waals surface area contributed by atoms with Crippen LogP contribution in [0.4, 0.5) is 0 Å². The van der Waals surface area contributed by atoms with E-state index in [-0.39, 0.29) is 0 Å². The third-order valence-electron chi connectivity index (χ3n) is 5.22. The van der Waals surface area contributed by atoms with E-state index in [4.69, 9.17) is 4.74 Å². The Hall–Kier alpha value is -1.82. The summed E-state index contributed by atoms with van der Waals surface area (Å²) in [5, 5.41) is 0. The van der Waals surface area contributed by atoms with Gasteiger partial charge in [0.2, 0.25) is 0 Å². The van der Waals surface area contributed by atoms with E-state index in [1.165, 1.54) is 5.56 Å². The Balaban J connectivity index is 1.43. The van der Waals surface area contributed by atoms with E-state index in [1.54, 1.807) is 0 Å². The molecule has 2 aromatic rings. The van der Waals surface area contributed by atoms with E-state index in [2.05, 4.69) is 51.0 Å². The number of aromatic nitrogens is 2. The summed E-state index contributed by atoms with van der Waals surface area (Å²) in [6.45, 7) is 7.88. The molecule has 5 nitrogen and oxygen atoms in total. The van der Waals surface area contributed by atoms with Crippen LogP contribution >= 0.6 is 0 Å². The molecule has 4 heterocycles. The number of nitrogens with zero attached hydrogens (tertiary/aromatic N) is 4. The fourth-order valence-electron chi connectivity index (χ4n) is 3.99. The van der Waals surface area contributed by atoms with Crippen LogP contribution in [0.1, 0.15) is 23.4 Å². The number of pyridine rings is 2. The molecule has 2 aliphatic heterocycles. The Kier molecular flexibility index (Phi) is 5.06. The first-order valence-electron chi connectivity index (χ1n) is 9.17. The summed E-state index contributed by atoms with van der Waals surface area (Å²) in [6.07, 6.45) is 5.26. The minimum atomic E-state index is 0.354. The molecule has 0 saturated carbocycles. The van der Waals surface area contributed by atoms with Crippen LogP contribution in [0.25, 0.3) is 0 Å². The second kappa shape index (κ2) is 7.60. The molecule has 2 aromatic heterocycles. The molecule has 25 heavy (non-hydrogen) atoms. The van der Waals surface area contributed by atoms with Gasteiger partial charge in [-0.15, -0.1) is 0 Å². The number of rotatable bonds is 4. The molecule has 5 heteroatoms. The molecule has 2 aliphatic rings. The van der Waals surface area contributed by atoms with E-state index in [1.807, 2.05) is 18.5 Å². The molecule has 0 radical (unpaired) electrons. The fourth-order valence-corrected chi connectivity index (χ4v) is 3.99. The zero-order chi connectivity index (χ0) is 17.1. The molecule has 0 unspecified atom stereocenters. The topological polar surface area (TPSA) is 41.5 Å². The second-order valence-corrected chi connectivity index (χ2v) is 7.10. The van der Waals surface area contributed by atoms with Crippen molar-refractivity contribution < 1.29 is 4.74 Å². The number of hydrogen-bond donors (Lipinski definition) is 0. The van der Waals surface area contributed by atoms with Crippen molar-refractivity contribution in [2.24, 2.45) is 0 Å². The highest BCUT2D eigenvalue weighted by molar-refractivity contribution is 5.11. The lowest BCUT2D eigenvalue weighted by Gasteiger charge is -2.47. The van der Waals surface area contributed by atoms with Crippen molar-refractivity contribution in [2.45, 2.75) is 38.6 Å². The molecular formula is C20H26N4O. The number of ether oxygens (including phenoxy) is 1. The first-order valence-corrected chi connectivity index (χ1v) is 9.17. The Labute approximate surface area is 149 Å². The fraction of sp³-hybridized carbons (Fsp3) is 0.500. The molecule has 132 valence electrons. The molecule has 2 atom stereocenters. The lowest BCUT2D eigenvalue weighted by molar-refractivity contribution is -0.107. The molecule has 0 amide bonds. The summed E-state index contributed by atoms with van der Waals surface area (Å²) in [6, 6.07) is 10.9. The highest BCUT2D eigenvalue weighted by Gasteiger charge is 2.37. The van der Waals surface area contributed by atoms with Gasteiger partial charge in [-0.3, -0.25) is 19.8 Å². The molecule has 2 saturated heterocycles. The van der Waals surface area contributed by atoms with Crippen molar-refractivity contribution in [3.05, 3.63) is 59.7 Å². The van der Waals surface area contributed by atoms with Crippen LogP contribution in [0, 0.1) is 6.92 Å². The summed E-state index contributed by atoms with van der Waals surface area (Å²) in [7, 11) is 0. The quantitative estimate of drug-likeness (QED) is 0.855. The first kappa shape index (κ1) is 16.6. The number of fused-ring (bicyclic) bond motifs is 1. The maximum Gasteiger partial charge on any atom is 0.0755 e. The Morgan fingerprint density at radius 2 is 2.12 bits per heavy atom. The average molecular weight is 338 g/mol. The Morgan fingerprint density at radius 1 is 1.16 bits per heavy atom. The molecule has 0 spiro atoms. The Bertz CT molecular complexity index is 693. The minimum Gasteiger partial charge on any atom is -0.375 e. The van der Waals surface area contributed by atoms with Crippen LogP contribution in [0.5, 0.6) is 0 Å². The average Bonchev–Trinajstić information content (AvgIpc) is 2.63. The van der Waals surface area contributed by atoms with Gasteiger partial charge in [0.15, 0.2) is 0 Å². The number of morpholine rings is 1. The first-order chi connectivity index (χ1) is 12.3. The lowest BCUT2D eigenvalue weighted by atomic mass is 9.98. The van der Waals surface area contributed by atoms with Crippen molar-refractivity contribution in [2.75, 3.05) is 26.2 Å². The largest absolute Gasteiger partial charge is 0.375 e. The van der Waals surface area contributed by atoms with Gasteiger partial charge >= 0.3 is 0 Å². The van der Waals surface area contributed by atoms with Gasteiger partial charge in [0.05, 0.1) is 18.4 Å². The summed E-state index contributed by atoms with van der Waals surface area (Å²) in [4.78, 5) is 14.0. The van der Waals surface area contributed by atoms with Gasteiger partial charge < -0.3 is 4.74 Å². The van der Waals surface area contributed by atoms with Gasteiger partial charge in [-0.25, -0.2) is 0 Å². The number of hydrogen-bond acceptors (Lipinski definition) is 5. The standard InChI is InChI=1S/C20H26N4O/c1-16-4-2-6-18(22-16)14-23-9-7-20-19(15-23)24(10-11-25-20)13-17-5-3-8-21-12-17/h2-6,8,12,19-20H,7,9-11,13-15H2,1H3/t19-,20-/m0/s1. The molecule has 2 fully saturated rings. The van der Waals surface area contributed by atoms with E-state index in [9.17, 15) is 0 Å². The molecule has 0 aromatic carbocycles. The minimum absolute atomic E-state index is 0.354. The predicted octanol–water partition coefficient (Wildman–Crippen LogP) is 2.26. The summed E-state index contributed by atoms with van der Waals surface area (Å²) < 4.78 is 6.07. The van der Waals surface area contributed by atoms with E-state index in [0.29, 0.717) is 12.1 Å². The van der Waals surface area contributed by atoms with Crippen LogP contribution in [0.15, 0.2) is 42.7 Å². The van der Waals surface area contributed by atoms with Crippen molar-refractivity contribution in [3.8, 4) is 0 Å². The Morgan fingerprint density at radius 3 is 2.96 bits per heavy atom. The van der Waals surface area contributed by atoms with E-state index >= 15 is 0 Å². The molecule has 0 bridgehead atoms. The molecular weight excluding hydrogens is 312 g/mol. The van der Waals surface area contributed by atoms with Crippen molar-refractivity contribution in [3.63, 3.8) is 0 Å². The highest BCUT2D eigenvalue weighted by atomic mass is 16.5. The van der Waals surface area contributed by atoms with Gasteiger partial charge in [-0.2, -0.15) is 0 Å². The second-order valence-electron chi connectivity index (χ2n) is 7.10. The van der Waals surface area contributed by atoms with Gasteiger partial charge in [0.1, 0.15) is 0 Å². The zero-order valence-corrected chi connectivity index (χ0v) is 14.8. The maximum atomic E-state index is 6.07. The van der Waals surface area contributed by atoms with Gasteiger partial charge in [0.25, 0.3) is 0 Å². The van der Waals surface area contributed by atoms with Crippen LogP contribution in [-0.2, 0) is 17.8 Å². The predicted molar refractivity (Wildman–Crippen MR) is 97.0 cm³/mol. The van der Waals surface area contributed by atoms with Crippen LogP contribution < -0.4 is 0 Å². The van der Waals surface area contributed by atoms with Crippen molar-refractivity contribution >= 4 is 0 Å². The van der Waals surface area contributed by atoms with Gasteiger partial charge in [-0.05, 0) is 37.1 Å². The molecule has 0 aliphatic carbocycles. The molecule has 4 rings (SSSR count). The third-order valence-corrected chi connectivity index (χ3v) is 5.22. The smallest absolute Gasteiger partial charge is 0.0755 e. The van der Waals surface area contributed by atoms with Crippen molar-refractivity contribution in [1.29, 1.82) is 0 Å². The highest BCUT2D eigenvalue weighted by Crippen LogP contribution is 2.25. The normalized spacial score (nSPS) is 24.8. The SMILES string of the molecule is Cc1cccc(CN2CC[C@@H]3OCCN(Cc4cccnc4)[C@H]3C2)n1. The maximum absolute atomic E-state index is 6.07.